The van der Waals surface area contributed by atoms with Crippen LogP contribution in [0.1, 0.15) is 29.8 Å². The molecule has 5 nitrogen and oxygen atoms in total. The molecule has 0 aliphatic carbocycles. The number of carbonyl (C=O) groups is 2. The maximum absolute atomic E-state index is 13.0. The molecule has 1 aliphatic rings. The van der Waals surface area contributed by atoms with Gasteiger partial charge in [0.1, 0.15) is 5.75 Å². The van der Waals surface area contributed by atoms with Crippen LogP contribution in [0.5, 0.6) is 5.75 Å². The van der Waals surface area contributed by atoms with Gasteiger partial charge in [-0.25, -0.2) is 0 Å². The number of amides is 2. The summed E-state index contributed by atoms with van der Waals surface area (Å²) in [5.41, 5.74) is 2.26. The van der Waals surface area contributed by atoms with Crippen molar-refractivity contribution < 1.29 is 14.3 Å². The lowest BCUT2D eigenvalue weighted by Gasteiger charge is -2.29. The van der Waals surface area contributed by atoms with E-state index in [1.165, 1.54) is 4.90 Å². The number of hydrogen-bond donors (Lipinski definition) is 0. The smallest absolute Gasteiger partial charge is 0.264 e. The van der Waals surface area contributed by atoms with E-state index in [1.807, 2.05) is 49.1 Å². The number of ether oxygens (including phenoxy) is 1. The van der Waals surface area contributed by atoms with Gasteiger partial charge in [-0.1, -0.05) is 30.3 Å². The first-order chi connectivity index (χ1) is 12.0. The predicted molar refractivity (Wildman–Crippen MR) is 96.8 cm³/mol. The fourth-order valence-corrected chi connectivity index (χ4v) is 2.84. The van der Waals surface area contributed by atoms with Crippen molar-refractivity contribution in [2.24, 2.45) is 0 Å². The average Bonchev–Trinajstić information content (AvgIpc) is 2.62. The Morgan fingerprint density at radius 3 is 2.60 bits per heavy atom. The fourth-order valence-electron chi connectivity index (χ4n) is 2.84. The van der Waals surface area contributed by atoms with Crippen LogP contribution >= 0.6 is 0 Å². The minimum Gasteiger partial charge on any atom is -0.482 e. The van der Waals surface area contributed by atoms with Crippen molar-refractivity contribution in [1.82, 2.24) is 4.90 Å². The van der Waals surface area contributed by atoms with E-state index >= 15 is 0 Å². The van der Waals surface area contributed by atoms with E-state index in [0.29, 0.717) is 23.5 Å². The number of likely N-dealkylation sites (N-methyl/N-ethyl adjacent to an activating group) is 1. The Morgan fingerprint density at radius 1 is 1.20 bits per heavy atom. The number of anilines is 1. The van der Waals surface area contributed by atoms with Gasteiger partial charge in [0, 0.05) is 25.2 Å². The third-order valence-electron chi connectivity index (χ3n) is 4.37. The summed E-state index contributed by atoms with van der Waals surface area (Å²) in [5, 5.41) is 0. The first kappa shape index (κ1) is 17.0. The molecule has 0 spiro atoms. The van der Waals surface area contributed by atoms with E-state index in [9.17, 15) is 9.59 Å². The summed E-state index contributed by atoms with van der Waals surface area (Å²) in [6, 6.07) is 15.2. The van der Waals surface area contributed by atoms with E-state index in [4.69, 9.17) is 4.74 Å². The van der Waals surface area contributed by atoms with E-state index in [1.54, 1.807) is 25.2 Å². The summed E-state index contributed by atoms with van der Waals surface area (Å²) >= 11 is 0. The van der Waals surface area contributed by atoms with Crippen LogP contribution < -0.4 is 9.64 Å². The number of rotatable bonds is 4. The van der Waals surface area contributed by atoms with E-state index in [2.05, 4.69) is 0 Å². The zero-order chi connectivity index (χ0) is 18.0. The highest BCUT2D eigenvalue weighted by Crippen LogP contribution is 2.32. The van der Waals surface area contributed by atoms with Crippen molar-refractivity contribution in [2.75, 3.05) is 18.6 Å². The first-order valence-electron chi connectivity index (χ1n) is 8.35. The van der Waals surface area contributed by atoms with Crippen molar-refractivity contribution in [2.45, 2.75) is 26.4 Å². The van der Waals surface area contributed by atoms with Gasteiger partial charge in [-0.05, 0) is 37.6 Å². The van der Waals surface area contributed by atoms with E-state index in [0.717, 1.165) is 5.56 Å². The van der Waals surface area contributed by atoms with E-state index < -0.39 is 0 Å². The molecule has 3 rings (SSSR count). The molecule has 1 aliphatic heterocycles. The summed E-state index contributed by atoms with van der Waals surface area (Å²) in [5.74, 6) is 0.438. The van der Waals surface area contributed by atoms with E-state index in [-0.39, 0.29) is 24.5 Å². The van der Waals surface area contributed by atoms with Crippen molar-refractivity contribution in [1.29, 1.82) is 0 Å². The van der Waals surface area contributed by atoms with Crippen molar-refractivity contribution in [3.63, 3.8) is 0 Å². The molecule has 130 valence electrons. The monoisotopic (exact) mass is 338 g/mol. The van der Waals surface area contributed by atoms with Crippen LogP contribution in [0.3, 0.4) is 0 Å². The summed E-state index contributed by atoms with van der Waals surface area (Å²) in [6.07, 6.45) is 0. The Morgan fingerprint density at radius 2 is 1.92 bits per heavy atom. The molecule has 0 bridgehead atoms. The molecular weight excluding hydrogens is 316 g/mol. The van der Waals surface area contributed by atoms with Crippen LogP contribution in [-0.4, -0.2) is 36.4 Å². The number of fused-ring (bicyclic) bond motifs is 1. The number of hydrogen-bond acceptors (Lipinski definition) is 3. The fraction of sp³-hybridized carbons (Fsp3) is 0.300. The van der Waals surface area contributed by atoms with Gasteiger partial charge >= 0.3 is 0 Å². The number of carbonyl (C=O) groups excluding carboxylic acids is 2. The number of benzene rings is 2. The lowest BCUT2D eigenvalue weighted by Crippen LogP contribution is -2.37. The van der Waals surface area contributed by atoms with Crippen molar-refractivity contribution in [3.8, 4) is 5.75 Å². The molecule has 0 saturated carbocycles. The van der Waals surface area contributed by atoms with Crippen LogP contribution in [0, 0.1) is 0 Å². The molecule has 2 aromatic carbocycles. The second kappa shape index (κ2) is 6.97. The summed E-state index contributed by atoms with van der Waals surface area (Å²) < 4.78 is 5.43. The third-order valence-corrected chi connectivity index (χ3v) is 4.37. The largest absolute Gasteiger partial charge is 0.482 e. The van der Waals surface area contributed by atoms with Gasteiger partial charge in [0.2, 0.25) is 0 Å². The van der Waals surface area contributed by atoms with Crippen LogP contribution in [0.2, 0.25) is 0 Å². The Hall–Kier alpha value is -2.82. The highest BCUT2D eigenvalue weighted by atomic mass is 16.5. The third kappa shape index (κ3) is 3.50. The van der Waals surface area contributed by atoms with Crippen molar-refractivity contribution in [3.05, 3.63) is 59.7 Å². The van der Waals surface area contributed by atoms with Crippen LogP contribution in [0.4, 0.5) is 5.69 Å². The molecular formula is C20H22N2O3. The van der Waals surface area contributed by atoms with Gasteiger partial charge in [0.15, 0.2) is 6.61 Å². The Kier molecular flexibility index (Phi) is 4.74. The Labute approximate surface area is 147 Å². The zero-order valence-corrected chi connectivity index (χ0v) is 14.7. The minimum atomic E-state index is -0.123. The molecule has 25 heavy (non-hydrogen) atoms. The second-order valence-corrected chi connectivity index (χ2v) is 6.44. The molecule has 0 radical (unpaired) electrons. The molecule has 0 aromatic heterocycles. The van der Waals surface area contributed by atoms with Gasteiger partial charge in [-0.3, -0.25) is 9.59 Å². The highest BCUT2D eigenvalue weighted by molar-refractivity contribution is 6.01. The molecule has 2 amide bonds. The number of nitrogens with zero attached hydrogens (tertiary/aromatic N) is 2. The van der Waals surface area contributed by atoms with Crippen LogP contribution in [-0.2, 0) is 11.3 Å². The molecule has 2 aromatic rings. The molecule has 0 fully saturated rings. The normalized spacial score (nSPS) is 13.4. The highest BCUT2D eigenvalue weighted by Gasteiger charge is 2.25. The van der Waals surface area contributed by atoms with Gasteiger partial charge in [-0.15, -0.1) is 0 Å². The molecule has 0 unspecified atom stereocenters. The van der Waals surface area contributed by atoms with Gasteiger partial charge in [-0.2, -0.15) is 0 Å². The standard InChI is InChI=1S/C20H22N2O3/c1-14(2)22(12-15-7-5-4-6-8-15)20(24)16-9-10-18-17(11-16)21(3)19(23)13-25-18/h4-11,14H,12-13H2,1-3H3. The molecule has 0 atom stereocenters. The van der Waals surface area contributed by atoms with Gasteiger partial charge in [0.25, 0.3) is 11.8 Å². The van der Waals surface area contributed by atoms with Gasteiger partial charge < -0.3 is 14.5 Å². The first-order valence-corrected chi connectivity index (χ1v) is 8.35. The zero-order valence-electron chi connectivity index (χ0n) is 14.7. The van der Waals surface area contributed by atoms with Crippen LogP contribution in [0.15, 0.2) is 48.5 Å². The average molecular weight is 338 g/mol. The molecule has 1 heterocycles. The minimum absolute atomic E-state index is 0.0307. The van der Waals surface area contributed by atoms with Gasteiger partial charge in [0.05, 0.1) is 5.69 Å². The summed E-state index contributed by atoms with van der Waals surface area (Å²) in [4.78, 5) is 28.2. The topological polar surface area (TPSA) is 49.9 Å². The van der Waals surface area contributed by atoms with Crippen LogP contribution in [0.25, 0.3) is 0 Å². The Bertz CT molecular complexity index is 787. The quantitative estimate of drug-likeness (QED) is 0.861. The Balaban J connectivity index is 1.89. The molecule has 5 heteroatoms. The SMILES string of the molecule is CC(C)N(Cc1ccccc1)C(=O)c1ccc2c(c1)N(C)C(=O)CO2. The second-order valence-electron chi connectivity index (χ2n) is 6.44. The summed E-state index contributed by atoms with van der Waals surface area (Å²) in [6.45, 7) is 4.57. The lowest BCUT2D eigenvalue weighted by molar-refractivity contribution is -0.120. The summed E-state index contributed by atoms with van der Waals surface area (Å²) in [7, 11) is 1.70. The maximum Gasteiger partial charge on any atom is 0.264 e. The predicted octanol–water partition coefficient (Wildman–Crippen LogP) is 3.09. The molecule has 0 saturated heterocycles. The van der Waals surface area contributed by atoms with Crippen molar-refractivity contribution >= 4 is 17.5 Å². The lowest BCUT2D eigenvalue weighted by atomic mass is 10.1. The maximum atomic E-state index is 13.0. The molecule has 0 N–H and O–H groups in total.